The number of hydrogen-bond donors (Lipinski definition) is 2. The highest BCUT2D eigenvalue weighted by atomic mass is 32.1. The van der Waals surface area contributed by atoms with Gasteiger partial charge in [-0.2, -0.15) is 0 Å². The monoisotopic (exact) mass is 502 g/mol. The zero-order chi connectivity index (χ0) is 24.0. The van der Waals surface area contributed by atoms with E-state index in [0.717, 1.165) is 76.2 Å². The molecule has 0 saturated carbocycles. The molecule has 0 unspecified atom stereocenters. The van der Waals surface area contributed by atoms with Gasteiger partial charge in [0.05, 0.1) is 31.4 Å². The Labute approximate surface area is 210 Å². The van der Waals surface area contributed by atoms with Crippen LogP contribution in [0.3, 0.4) is 0 Å². The van der Waals surface area contributed by atoms with Gasteiger partial charge in [-0.3, -0.25) is 9.69 Å². The van der Waals surface area contributed by atoms with Crippen molar-refractivity contribution in [3.63, 3.8) is 0 Å². The fraction of sp³-hybridized carbons (Fsp3) is 0.600. The van der Waals surface area contributed by atoms with Crippen LogP contribution in [-0.4, -0.2) is 91.8 Å². The molecule has 2 fully saturated rings. The van der Waals surface area contributed by atoms with E-state index in [0.29, 0.717) is 48.5 Å². The van der Waals surface area contributed by atoms with Crippen molar-refractivity contribution in [3.05, 3.63) is 34.1 Å². The number of morpholine rings is 1. The standard InChI is InChI=1S/C25H34N4O5S/c30-24-19(13-18-14-22-23(15-21(18)27-24)34-12-11-33-22)16-29(17-20-3-1-8-32-20)25(35)26-4-2-5-28-6-9-31-10-7-28/h13-15,20H,1-12,16-17H2,(H,26,35)(H,27,30)/t20-/m0/s1. The van der Waals surface area contributed by atoms with Crippen molar-refractivity contribution < 1.29 is 18.9 Å². The maximum Gasteiger partial charge on any atom is 0.253 e. The predicted octanol–water partition coefficient (Wildman–Crippen LogP) is 1.88. The number of nitrogens with zero attached hydrogens (tertiary/aromatic N) is 2. The Hall–Kier alpha value is -2.40. The van der Waals surface area contributed by atoms with Crippen LogP contribution < -0.4 is 20.3 Å². The summed E-state index contributed by atoms with van der Waals surface area (Å²) in [4.78, 5) is 20.5. The molecule has 35 heavy (non-hydrogen) atoms. The molecule has 9 nitrogen and oxygen atoms in total. The van der Waals surface area contributed by atoms with E-state index in [1.165, 1.54) is 0 Å². The summed E-state index contributed by atoms with van der Waals surface area (Å²) in [6.07, 6.45) is 3.19. The number of rotatable bonds is 8. The highest BCUT2D eigenvalue weighted by molar-refractivity contribution is 7.80. The average Bonchev–Trinajstić information content (AvgIpc) is 3.39. The summed E-state index contributed by atoms with van der Waals surface area (Å²) >= 11 is 5.78. The molecule has 0 radical (unpaired) electrons. The molecule has 2 N–H and O–H groups in total. The number of thiocarbonyl (C=S) groups is 1. The number of aromatic nitrogens is 1. The van der Waals surface area contributed by atoms with Crippen molar-refractivity contribution in [1.82, 2.24) is 20.1 Å². The summed E-state index contributed by atoms with van der Waals surface area (Å²) < 4.78 is 22.7. The molecule has 3 aliphatic rings. The van der Waals surface area contributed by atoms with E-state index < -0.39 is 0 Å². The molecule has 4 heterocycles. The molecule has 10 heteroatoms. The molecular weight excluding hydrogens is 468 g/mol. The topological polar surface area (TPSA) is 88.3 Å². The molecule has 0 bridgehead atoms. The molecule has 1 aromatic heterocycles. The zero-order valence-corrected chi connectivity index (χ0v) is 20.9. The molecular formula is C25H34N4O5S. The smallest absolute Gasteiger partial charge is 0.253 e. The van der Waals surface area contributed by atoms with Gasteiger partial charge >= 0.3 is 0 Å². The second-order valence-corrected chi connectivity index (χ2v) is 9.65. The summed E-state index contributed by atoms with van der Waals surface area (Å²) in [5.41, 5.74) is 1.27. The van der Waals surface area contributed by atoms with Gasteiger partial charge < -0.3 is 34.1 Å². The first kappa shape index (κ1) is 24.3. The van der Waals surface area contributed by atoms with Gasteiger partial charge in [0.15, 0.2) is 16.6 Å². The molecule has 3 aliphatic heterocycles. The number of H-pyrrole nitrogens is 1. The van der Waals surface area contributed by atoms with Crippen molar-refractivity contribution in [2.45, 2.75) is 31.9 Å². The third-order valence-corrected chi connectivity index (χ3v) is 7.11. The third kappa shape index (κ3) is 6.24. The van der Waals surface area contributed by atoms with Crippen molar-refractivity contribution in [1.29, 1.82) is 0 Å². The minimum Gasteiger partial charge on any atom is -0.486 e. The Morgan fingerprint density at radius 3 is 2.69 bits per heavy atom. The lowest BCUT2D eigenvalue weighted by Gasteiger charge is -2.29. The van der Waals surface area contributed by atoms with Crippen LogP contribution in [0, 0.1) is 0 Å². The van der Waals surface area contributed by atoms with Gasteiger partial charge in [0.1, 0.15) is 13.2 Å². The maximum atomic E-state index is 13.0. The van der Waals surface area contributed by atoms with Gasteiger partial charge in [-0.15, -0.1) is 0 Å². The molecule has 1 atom stereocenters. The Morgan fingerprint density at radius 2 is 1.91 bits per heavy atom. The summed E-state index contributed by atoms with van der Waals surface area (Å²) in [5, 5.41) is 4.97. The Kier molecular flexibility index (Phi) is 8.02. The van der Waals surface area contributed by atoms with E-state index in [1.54, 1.807) is 0 Å². The maximum absolute atomic E-state index is 13.0. The van der Waals surface area contributed by atoms with Crippen LogP contribution in [0.5, 0.6) is 11.5 Å². The Bertz CT molecular complexity index is 1080. The van der Waals surface area contributed by atoms with E-state index in [-0.39, 0.29) is 11.7 Å². The molecule has 1 aromatic carbocycles. The first-order valence-corrected chi connectivity index (χ1v) is 13.0. The Balaban J connectivity index is 1.26. The molecule has 2 aromatic rings. The van der Waals surface area contributed by atoms with E-state index in [1.807, 2.05) is 18.2 Å². The first-order valence-electron chi connectivity index (χ1n) is 12.6. The van der Waals surface area contributed by atoms with E-state index in [9.17, 15) is 4.79 Å². The van der Waals surface area contributed by atoms with Crippen molar-refractivity contribution in [2.75, 3.05) is 65.8 Å². The summed E-state index contributed by atoms with van der Waals surface area (Å²) in [5.74, 6) is 1.37. The lowest BCUT2D eigenvalue weighted by Crippen LogP contribution is -2.45. The molecule has 2 saturated heterocycles. The summed E-state index contributed by atoms with van der Waals surface area (Å²) in [6.45, 7) is 8.28. The first-order chi connectivity index (χ1) is 17.2. The largest absolute Gasteiger partial charge is 0.486 e. The number of fused-ring (bicyclic) bond motifs is 2. The van der Waals surface area contributed by atoms with Crippen LogP contribution in [0.25, 0.3) is 10.9 Å². The SMILES string of the molecule is O=c1[nH]c2cc3c(cc2cc1CN(C[C@@H]1CCCO1)C(=S)NCCCN1CCOCC1)OCCO3. The van der Waals surface area contributed by atoms with Crippen LogP contribution in [0.1, 0.15) is 24.8 Å². The highest BCUT2D eigenvalue weighted by Crippen LogP contribution is 2.33. The van der Waals surface area contributed by atoms with Crippen molar-refractivity contribution >= 4 is 28.2 Å². The van der Waals surface area contributed by atoms with Crippen LogP contribution in [0.2, 0.25) is 0 Å². The molecule has 0 aliphatic carbocycles. The summed E-state index contributed by atoms with van der Waals surface area (Å²) in [7, 11) is 0. The van der Waals surface area contributed by atoms with Crippen LogP contribution in [0.4, 0.5) is 0 Å². The van der Waals surface area contributed by atoms with Crippen LogP contribution >= 0.6 is 12.2 Å². The number of pyridine rings is 1. The van der Waals surface area contributed by atoms with Gasteiger partial charge in [0.25, 0.3) is 5.56 Å². The van der Waals surface area contributed by atoms with Crippen molar-refractivity contribution in [2.24, 2.45) is 0 Å². The third-order valence-electron chi connectivity index (χ3n) is 6.71. The van der Waals surface area contributed by atoms with Gasteiger partial charge in [0, 0.05) is 49.8 Å². The van der Waals surface area contributed by atoms with Gasteiger partial charge in [-0.25, -0.2) is 0 Å². The second kappa shape index (κ2) is 11.6. The quantitative estimate of drug-likeness (QED) is 0.415. The average molecular weight is 503 g/mol. The molecule has 190 valence electrons. The lowest BCUT2D eigenvalue weighted by atomic mass is 10.1. The zero-order valence-electron chi connectivity index (χ0n) is 20.1. The van der Waals surface area contributed by atoms with Crippen LogP contribution in [-0.2, 0) is 16.0 Å². The van der Waals surface area contributed by atoms with Gasteiger partial charge in [-0.1, -0.05) is 0 Å². The highest BCUT2D eigenvalue weighted by Gasteiger charge is 2.22. The number of benzene rings is 1. The number of aromatic amines is 1. The summed E-state index contributed by atoms with van der Waals surface area (Å²) in [6, 6.07) is 5.69. The predicted molar refractivity (Wildman–Crippen MR) is 137 cm³/mol. The second-order valence-electron chi connectivity index (χ2n) is 9.26. The minimum atomic E-state index is -0.123. The van der Waals surface area contributed by atoms with Gasteiger partial charge in [-0.05, 0) is 50.2 Å². The van der Waals surface area contributed by atoms with E-state index >= 15 is 0 Å². The molecule has 0 spiro atoms. The van der Waals surface area contributed by atoms with E-state index in [2.05, 4.69) is 20.1 Å². The molecule has 0 amide bonds. The number of nitrogens with one attached hydrogen (secondary N) is 2. The fourth-order valence-corrected chi connectivity index (χ4v) is 5.04. The fourth-order valence-electron chi connectivity index (χ4n) is 4.80. The van der Waals surface area contributed by atoms with E-state index in [4.69, 9.17) is 31.2 Å². The van der Waals surface area contributed by atoms with Gasteiger partial charge in [0.2, 0.25) is 0 Å². The van der Waals surface area contributed by atoms with Crippen LogP contribution in [0.15, 0.2) is 23.0 Å². The Morgan fingerprint density at radius 1 is 1.11 bits per heavy atom. The van der Waals surface area contributed by atoms with Crippen molar-refractivity contribution in [3.8, 4) is 11.5 Å². The lowest BCUT2D eigenvalue weighted by molar-refractivity contribution is 0.0375. The molecule has 5 rings (SSSR count). The minimum absolute atomic E-state index is 0.123. The number of ether oxygens (including phenoxy) is 4. The number of hydrogen-bond acceptors (Lipinski definition) is 7. The normalized spacial score (nSPS) is 20.2.